The fourth-order valence-electron chi connectivity index (χ4n) is 3.58. The number of rotatable bonds is 9. The molecular weight excluding hydrogens is 446 g/mol. The summed E-state index contributed by atoms with van der Waals surface area (Å²) in [6.07, 6.45) is -12.7. The molecule has 0 spiro atoms. The number of ether oxygens (including phenoxy) is 4. The average Bonchev–Trinajstić information content (AvgIpc) is 2.70. The summed E-state index contributed by atoms with van der Waals surface area (Å²) in [7, 11) is -1.45. The largest absolute Gasteiger partial charge is 0.394 e. The van der Waals surface area contributed by atoms with Gasteiger partial charge in [-0.2, -0.15) is 0 Å². The molecule has 10 atom stereocenters. The van der Waals surface area contributed by atoms with Crippen molar-refractivity contribution in [3.63, 3.8) is 0 Å². The van der Waals surface area contributed by atoms with Crippen molar-refractivity contribution in [1.29, 1.82) is 0 Å². The lowest BCUT2D eigenvalue weighted by molar-refractivity contribution is -0.344. The monoisotopic (exact) mass is 483 g/mol. The highest BCUT2D eigenvalue weighted by molar-refractivity contribution is 6.76. The maximum absolute atomic E-state index is 11.9. The van der Waals surface area contributed by atoms with E-state index in [0.717, 1.165) is 6.04 Å². The number of aliphatic hydroxyl groups is 6. The Hall–Kier alpha value is -0.713. The van der Waals surface area contributed by atoms with Crippen LogP contribution in [0.1, 0.15) is 6.92 Å². The SMILES string of the molecule is CC(=O)N[C@H]1[C@H](OCC[Si](C)(C)C)O[C@H](CO)[C@H](O)[C@@H]1O[C@@H]1O[C@H](CO)[C@H](O)[C@H](O)[C@H]1O. The van der Waals surface area contributed by atoms with Crippen molar-refractivity contribution in [3.05, 3.63) is 0 Å². The number of carbonyl (C=O) groups is 1. The molecule has 0 bridgehead atoms. The Labute approximate surface area is 188 Å². The highest BCUT2D eigenvalue weighted by atomic mass is 28.3. The first-order valence-electron chi connectivity index (χ1n) is 10.7. The number of carbonyl (C=O) groups excluding carboxylic acids is 1. The zero-order valence-corrected chi connectivity index (χ0v) is 19.8. The zero-order chi connectivity index (χ0) is 24.2. The van der Waals surface area contributed by atoms with E-state index in [1.165, 1.54) is 6.92 Å². The second-order valence-electron chi connectivity index (χ2n) is 9.42. The fourth-order valence-corrected chi connectivity index (χ4v) is 4.31. The van der Waals surface area contributed by atoms with Crippen molar-refractivity contribution in [1.82, 2.24) is 5.32 Å². The molecule has 0 unspecified atom stereocenters. The fraction of sp³-hybridized carbons (Fsp3) is 0.947. The molecule has 2 saturated heterocycles. The van der Waals surface area contributed by atoms with Crippen molar-refractivity contribution in [3.8, 4) is 0 Å². The van der Waals surface area contributed by atoms with Crippen LogP contribution in [0.15, 0.2) is 0 Å². The Kier molecular flexibility index (Phi) is 10.00. The quantitative estimate of drug-likeness (QED) is 0.167. The van der Waals surface area contributed by atoms with Gasteiger partial charge < -0.3 is 54.9 Å². The van der Waals surface area contributed by atoms with E-state index in [1.54, 1.807) is 0 Å². The average molecular weight is 484 g/mol. The normalized spacial score (nSPS) is 40.8. The molecule has 7 N–H and O–H groups in total. The van der Waals surface area contributed by atoms with Crippen molar-refractivity contribution >= 4 is 14.0 Å². The Balaban J connectivity index is 2.25. The third-order valence-electron chi connectivity index (χ3n) is 5.50. The molecule has 13 heteroatoms. The van der Waals surface area contributed by atoms with Gasteiger partial charge in [-0.05, 0) is 6.04 Å². The predicted octanol–water partition coefficient (Wildman–Crippen LogP) is -2.89. The van der Waals surface area contributed by atoms with Gasteiger partial charge in [-0.3, -0.25) is 4.79 Å². The smallest absolute Gasteiger partial charge is 0.217 e. The summed E-state index contributed by atoms with van der Waals surface area (Å²) in [4.78, 5) is 11.9. The molecule has 2 aliphatic heterocycles. The minimum atomic E-state index is -1.71. The molecule has 1 amide bonds. The third-order valence-corrected chi connectivity index (χ3v) is 7.20. The highest BCUT2D eigenvalue weighted by Crippen LogP contribution is 2.30. The molecule has 0 aliphatic carbocycles. The van der Waals surface area contributed by atoms with E-state index in [-0.39, 0.29) is 0 Å². The molecule has 2 heterocycles. The van der Waals surface area contributed by atoms with Crippen LogP contribution in [0.2, 0.25) is 25.7 Å². The van der Waals surface area contributed by atoms with Gasteiger partial charge in [-0.15, -0.1) is 0 Å². The summed E-state index contributed by atoms with van der Waals surface area (Å²) in [5.74, 6) is -0.463. The van der Waals surface area contributed by atoms with E-state index in [1.807, 2.05) is 0 Å². The minimum Gasteiger partial charge on any atom is -0.394 e. The topological polar surface area (TPSA) is 187 Å². The van der Waals surface area contributed by atoms with E-state index in [4.69, 9.17) is 18.9 Å². The third kappa shape index (κ3) is 6.90. The molecular formula is C19H37NO11Si. The summed E-state index contributed by atoms with van der Waals surface area (Å²) >= 11 is 0. The molecule has 12 nitrogen and oxygen atoms in total. The van der Waals surface area contributed by atoms with Crippen LogP contribution < -0.4 is 5.32 Å². The molecule has 188 valence electrons. The summed E-state index contributed by atoms with van der Waals surface area (Å²) in [6.45, 7) is 6.83. The van der Waals surface area contributed by atoms with E-state index < -0.39 is 88.5 Å². The van der Waals surface area contributed by atoms with Crippen LogP contribution in [0.5, 0.6) is 0 Å². The summed E-state index contributed by atoms with van der Waals surface area (Å²) in [5, 5.41) is 62.7. The van der Waals surface area contributed by atoms with Gasteiger partial charge in [0.2, 0.25) is 5.91 Å². The Morgan fingerprint density at radius 3 is 2.00 bits per heavy atom. The van der Waals surface area contributed by atoms with Gasteiger partial charge in [0, 0.05) is 21.6 Å². The molecule has 2 fully saturated rings. The highest BCUT2D eigenvalue weighted by Gasteiger charge is 2.51. The van der Waals surface area contributed by atoms with Crippen molar-refractivity contribution in [2.45, 2.75) is 94.0 Å². The number of hydrogen-bond donors (Lipinski definition) is 7. The first-order valence-corrected chi connectivity index (χ1v) is 14.4. The lowest BCUT2D eigenvalue weighted by Crippen LogP contribution is -2.68. The number of nitrogens with one attached hydrogen (secondary N) is 1. The first kappa shape index (κ1) is 27.5. The van der Waals surface area contributed by atoms with Gasteiger partial charge >= 0.3 is 0 Å². The van der Waals surface area contributed by atoms with Gasteiger partial charge in [0.25, 0.3) is 0 Å². The molecule has 2 rings (SSSR count). The molecule has 0 aromatic carbocycles. The van der Waals surface area contributed by atoms with Gasteiger partial charge in [-0.25, -0.2) is 0 Å². The van der Waals surface area contributed by atoms with E-state index in [2.05, 4.69) is 25.0 Å². The van der Waals surface area contributed by atoms with Crippen LogP contribution in [0, 0.1) is 0 Å². The van der Waals surface area contributed by atoms with Crippen LogP contribution in [-0.2, 0) is 23.7 Å². The minimum absolute atomic E-state index is 0.317. The maximum Gasteiger partial charge on any atom is 0.217 e. The summed E-state index contributed by atoms with van der Waals surface area (Å²) in [6, 6.07) is -0.246. The molecule has 32 heavy (non-hydrogen) atoms. The van der Waals surface area contributed by atoms with Gasteiger partial charge in [0.15, 0.2) is 12.6 Å². The lowest BCUT2D eigenvalue weighted by Gasteiger charge is -2.47. The van der Waals surface area contributed by atoms with Crippen molar-refractivity contribution < 1.29 is 54.4 Å². The Morgan fingerprint density at radius 2 is 1.47 bits per heavy atom. The Bertz CT molecular complexity index is 604. The van der Waals surface area contributed by atoms with Crippen molar-refractivity contribution in [2.24, 2.45) is 0 Å². The summed E-state index contributed by atoms with van der Waals surface area (Å²) < 4.78 is 22.6. The maximum atomic E-state index is 11.9. The lowest BCUT2D eigenvalue weighted by atomic mass is 9.95. The van der Waals surface area contributed by atoms with Crippen molar-refractivity contribution in [2.75, 3.05) is 19.8 Å². The van der Waals surface area contributed by atoms with Crippen LogP contribution >= 0.6 is 0 Å². The van der Waals surface area contributed by atoms with E-state index >= 15 is 0 Å². The van der Waals surface area contributed by atoms with E-state index in [9.17, 15) is 35.4 Å². The standard InChI is InChI=1S/C19H37NO11Si/c1-9(23)20-12-17(31-19-16(27)15(26)13(24)10(7-21)30-19)14(25)11(8-22)29-18(12)28-5-6-32(2,3)4/h10-19,21-22,24-27H,5-8H2,1-4H3,(H,20,23)/t10-,11-,12-,13+,14+,15+,16-,17-,18-,19+/m1/s1. The molecule has 0 saturated carbocycles. The molecule has 0 aromatic heterocycles. The number of amides is 1. The number of aliphatic hydroxyl groups excluding tert-OH is 6. The zero-order valence-electron chi connectivity index (χ0n) is 18.8. The molecule has 2 aliphatic rings. The predicted molar refractivity (Wildman–Crippen MR) is 112 cm³/mol. The van der Waals surface area contributed by atoms with Gasteiger partial charge in [-0.1, -0.05) is 19.6 Å². The van der Waals surface area contributed by atoms with Gasteiger partial charge in [0.1, 0.15) is 48.8 Å². The van der Waals surface area contributed by atoms with Crippen LogP contribution in [0.4, 0.5) is 0 Å². The van der Waals surface area contributed by atoms with E-state index in [0.29, 0.717) is 6.61 Å². The summed E-state index contributed by atoms with van der Waals surface area (Å²) in [5.41, 5.74) is 0. The van der Waals surface area contributed by atoms with Crippen LogP contribution in [0.3, 0.4) is 0 Å². The second-order valence-corrected chi connectivity index (χ2v) is 15.0. The Morgan fingerprint density at radius 1 is 0.906 bits per heavy atom. The van der Waals surface area contributed by atoms with Crippen LogP contribution in [0.25, 0.3) is 0 Å². The second kappa shape index (κ2) is 11.6. The van der Waals surface area contributed by atoms with Gasteiger partial charge in [0.05, 0.1) is 13.2 Å². The molecule has 0 radical (unpaired) electrons. The molecule has 0 aromatic rings. The first-order chi connectivity index (χ1) is 14.9. The van der Waals surface area contributed by atoms with Crippen LogP contribution in [-0.4, -0.2) is 126 Å². The number of hydrogen-bond acceptors (Lipinski definition) is 11.